The summed E-state index contributed by atoms with van der Waals surface area (Å²) >= 11 is 0. The van der Waals surface area contributed by atoms with Gasteiger partial charge in [0.1, 0.15) is 6.04 Å². The van der Waals surface area contributed by atoms with Crippen molar-refractivity contribution >= 4 is 11.8 Å². The van der Waals surface area contributed by atoms with Crippen LogP contribution in [0.5, 0.6) is 0 Å². The molecule has 1 aliphatic heterocycles. The zero-order valence-corrected chi connectivity index (χ0v) is 11.4. The number of hydrogen-bond donors (Lipinski definition) is 0. The molecular formula is C14H19N3O2. The molecule has 2 amide bonds. The maximum atomic E-state index is 12.5. The molecule has 0 saturated carbocycles. The summed E-state index contributed by atoms with van der Waals surface area (Å²) in [4.78, 5) is 31.8. The van der Waals surface area contributed by atoms with Crippen LogP contribution in [0.3, 0.4) is 0 Å². The van der Waals surface area contributed by atoms with Gasteiger partial charge in [0.2, 0.25) is 5.91 Å². The molecule has 5 nitrogen and oxygen atoms in total. The Labute approximate surface area is 113 Å². The molecule has 0 bridgehead atoms. The maximum absolute atomic E-state index is 12.5. The second-order valence-corrected chi connectivity index (χ2v) is 4.98. The number of nitrogens with zero attached hydrogens (tertiary/aromatic N) is 3. The van der Waals surface area contributed by atoms with Crippen molar-refractivity contribution in [2.24, 2.45) is 0 Å². The van der Waals surface area contributed by atoms with Gasteiger partial charge in [-0.2, -0.15) is 0 Å². The third-order valence-electron chi connectivity index (χ3n) is 3.40. The summed E-state index contributed by atoms with van der Waals surface area (Å²) in [5.41, 5.74) is 0.543. The normalized spacial score (nSPS) is 19.1. The van der Waals surface area contributed by atoms with E-state index in [1.54, 1.807) is 48.4 Å². The van der Waals surface area contributed by atoms with E-state index in [-0.39, 0.29) is 17.9 Å². The van der Waals surface area contributed by atoms with Gasteiger partial charge in [0.05, 0.1) is 5.56 Å². The first-order valence-corrected chi connectivity index (χ1v) is 6.53. The molecule has 1 aromatic rings. The highest BCUT2D eigenvalue weighted by molar-refractivity contribution is 5.97. The van der Waals surface area contributed by atoms with Crippen molar-refractivity contribution < 1.29 is 9.59 Å². The number of aromatic nitrogens is 1. The number of likely N-dealkylation sites (N-methyl/N-ethyl adjacent to an activating group) is 1. The molecule has 19 heavy (non-hydrogen) atoms. The van der Waals surface area contributed by atoms with E-state index < -0.39 is 0 Å². The van der Waals surface area contributed by atoms with Crippen molar-refractivity contribution in [2.45, 2.75) is 25.3 Å². The Morgan fingerprint density at radius 3 is 2.79 bits per heavy atom. The molecular weight excluding hydrogens is 242 g/mol. The van der Waals surface area contributed by atoms with Crippen LogP contribution in [0.4, 0.5) is 0 Å². The van der Waals surface area contributed by atoms with E-state index >= 15 is 0 Å². The van der Waals surface area contributed by atoms with E-state index in [2.05, 4.69) is 4.98 Å². The largest absolute Gasteiger partial charge is 0.347 e. The third-order valence-corrected chi connectivity index (χ3v) is 3.40. The molecule has 0 radical (unpaired) electrons. The van der Waals surface area contributed by atoms with E-state index in [1.165, 1.54) is 0 Å². The van der Waals surface area contributed by atoms with Crippen LogP contribution in [0.2, 0.25) is 0 Å². The maximum Gasteiger partial charge on any atom is 0.256 e. The third kappa shape index (κ3) is 2.92. The summed E-state index contributed by atoms with van der Waals surface area (Å²) in [5.74, 6) is -0.107. The van der Waals surface area contributed by atoms with Crippen molar-refractivity contribution in [3.8, 4) is 0 Å². The molecule has 1 atom stereocenters. The smallest absolute Gasteiger partial charge is 0.256 e. The molecule has 1 aromatic heterocycles. The van der Waals surface area contributed by atoms with Crippen LogP contribution in [-0.2, 0) is 4.79 Å². The predicted octanol–water partition coefficient (Wildman–Crippen LogP) is 1.16. The highest BCUT2D eigenvalue weighted by atomic mass is 16.2. The number of carbonyl (C=O) groups is 2. The summed E-state index contributed by atoms with van der Waals surface area (Å²) in [6.07, 6.45) is 5.86. The number of amides is 2. The van der Waals surface area contributed by atoms with Gasteiger partial charge < -0.3 is 9.80 Å². The van der Waals surface area contributed by atoms with Gasteiger partial charge in [-0.1, -0.05) is 0 Å². The number of piperidine rings is 1. The molecule has 0 spiro atoms. The lowest BCUT2D eigenvalue weighted by Gasteiger charge is -2.36. The van der Waals surface area contributed by atoms with Crippen molar-refractivity contribution in [3.63, 3.8) is 0 Å². The van der Waals surface area contributed by atoms with Gasteiger partial charge in [0.25, 0.3) is 5.91 Å². The minimum atomic E-state index is -0.337. The van der Waals surface area contributed by atoms with Gasteiger partial charge in [-0.05, 0) is 31.4 Å². The summed E-state index contributed by atoms with van der Waals surface area (Å²) in [6.45, 7) is 0.637. The van der Waals surface area contributed by atoms with Crippen LogP contribution >= 0.6 is 0 Å². The quantitative estimate of drug-likeness (QED) is 0.803. The van der Waals surface area contributed by atoms with E-state index in [0.29, 0.717) is 12.1 Å². The number of likely N-dealkylation sites (tertiary alicyclic amines) is 1. The first-order valence-electron chi connectivity index (χ1n) is 6.53. The lowest BCUT2D eigenvalue weighted by molar-refractivity contribution is -0.134. The molecule has 1 saturated heterocycles. The van der Waals surface area contributed by atoms with Crippen LogP contribution < -0.4 is 0 Å². The Kier molecular flexibility index (Phi) is 4.14. The Morgan fingerprint density at radius 2 is 2.16 bits per heavy atom. The molecule has 2 rings (SSSR count). The monoisotopic (exact) mass is 261 g/mol. The van der Waals surface area contributed by atoms with Crippen molar-refractivity contribution in [1.29, 1.82) is 0 Å². The van der Waals surface area contributed by atoms with Crippen molar-refractivity contribution in [1.82, 2.24) is 14.8 Å². The lowest BCUT2D eigenvalue weighted by atomic mass is 10.00. The van der Waals surface area contributed by atoms with Crippen molar-refractivity contribution in [3.05, 3.63) is 30.1 Å². The van der Waals surface area contributed by atoms with Gasteiger partial charge >= 0.3 is 0 Å². The first-order chi connectivity index (χ1) is 9.11. The van der Waals surface area contributed by atoms with Crippen LogP contribution in [0.1, 0.15) is 29.6 Å². The van der Waals surface area contributed by atoms with Crippen LogP contribution in [-0.4, -0.2) is 53.3 Å². The molecule has 2 heterocycles. The Bertz CT molecular complexity index is 459. The Morgan fingerprint density at radius 1 is 1.37 bits per heavy atom. The average Bonchev–Trinajstić information content (AvgIpc) is 2.46. The fraction of sp³-hybridized carbons (Fsp3) is 0.500. The Balaban J connectivity index is 2.20. The fourth-order valence-corrected chi connectivity index (χ4v) is 2.38. The molecule has 102 valence electrons. The predicted molar refractivity (Wildman–Crippen MR) is 71.6 cm³/mol. The standard InChI is InChI=1S/C14H19N3O2/c1-16(2)14(19)12-7-3-4-9-17(12)13(18)11-6-5-8-15-10-11/h5-6,8,10,12H,3-4,7,9H2,1-2H3/t12-/m1/s1. The van der Waals surface area contributed by atoms with Gasteiger partial charge in [-0.3, -0.25) is 14.6 Å². The molecule has 5 heteroatoms. The second kappa shape index (κ2) is 5.82. The van der Waals surface area contributed by atoms with Gasteiger partial charge in [0, 0.05) is 33.0 Å². The van der Waals surface area contributed by atoms with E-state index in [4.69, 9.17) is 0 Å². The minimum Gasteiger partial charge on any atom is -0.347 e. The number of hydrogen-bond acceptors (Lipinski definition) is 3. The van der Waals surface area contributed by atoms with Gasteiger partial charge in [0.15, 0.2) is 0 Å². The lowest BCUT2D eigenvalue weighted by Crippen LogP contribution is -2.51. The summed E-state index contributed by atoms with van der Waals surface area (Å²) in [7, 11) is 3.45. The zero-order valence-electron chi connectivity index (χ0n) is 11.4. The summed E-state index contributed by atoms with van der Waals surface area (Å²) in [6, 6.07) is 3.14. The molecule has 0 aliphatic carbocycles. The summed E-state index contributed by atoms with van der Waals surface area (Å²) < 4.78 is 0. The summed E-state index contributed by atoms with van der Waals surface area (Å²) in [5, 5.41) is 0. The highest BCUT2D eigenvalue weighted by Crippen LogP contribution is 2.20. The first kappa shape index (κ1) is 13.5. The van der Waals surface area contributed by atoms with Gasteiger partial charge in [-0.25, -0.2) is 0 Å². The number of rotatable bonds is 2. The Hall–Kier alpha value is -1.91. The van der Waals surface area contributed by atoms with Crippen LogP contribution in [0, 0.1) is 0 Å². The highest BCUT2D eigenvalue weighted by Gasteiger charge is 2.33. The SMILES string of the molecule is CN(C)C(=O)[C@H]1CCCCN1C(=O)c1cccnc1. The van der Waals surface area contributed by atoms with Crippen molar-refractivity contribution in [2.75, 3.05) is 20.6 Å². The van der Waals surface area contributed by atoms with Gasteiger partial charge in [-0.15, -0.1) is 0 Å². The van der Waals surface area contributed by atoms with E-state index in [0.717, 1.165) is 19.3 Å². The molecule has 1 fully saturated rings. The topological polar surface area (TPSA) is 53.5 Å². The van der Waals surface area contributed by atoms with Crippen LogP contribution in [0.25, 0.3) is 0 Å². The molecule has 0 N–H and O–H groups in total. The molecule has 1 aliphatic rings. The zero-order chi connectivity index (χ0) is 13.8. The number of pyridine rings is 1. The number of carbonyl (C=O) groups excluding carboxylic acids is 2. The van der Waals surface area contributed by atoms with E-state index in [9.17, 15) is 9.59 Å². The molecule has 0 unspecified atom stereocenters. The minimum absolute atomic E-state index is 0.00283. The average molecular weight is 261 g/mol. The van der Waals surface area contributed by atoms with E-state index in [1.807, 2.05) is 0 Å². The van der Waals surface area contributed by atoms with Crippen LogP contribution in [0.15, 0.2) is 24.5 Å². The fourth-order valence-electron chi connectivity index (χ4n) is 2.38. The molecule has 0 aromatic carbocycles. The second-order valence-electron chi connectivity index (χ2n) is 4.98.